The van der Waals surface area contributed by atoms with Crippen molar-refractivity contribution in [3.63, 3.8) is 0 Å². The smallest absolute Gasteiger partial charge is 0.270 e. The van der Waals surface area contributed by atoms with Crippen molar-refractivity contribution in [3.8, 4) is 11.5 Å². The van der Waals surface area contributed by atoms with Crippen molar-refractivity contribution in [2.24, 2.45) is 5.92 Å². The van der Waals surface area contributed by atoms with Gasteiger partial charge in [-0.3, -0.25) is 9.59 Å². The molecule has 2 aromatic carbocycles. The number of ketones is 1. The number of benzene rings is 2. The summed E-state index contributed by atoms with van der Waals surface area (Å²) in [5.74, 6) is -2.74. The van der Waals surface area contributed by atoms with Crippen molar-refractivity contribution in [2.75, 3.05) is 20.8 Å². The standard InChI is InChI=1S/C21H20Cl2FNO6S/c1-30-18-6-4-14(22)8-13(18)7-12-3-5-15(26)11-25(21(12)27)32(28,29)20-9-16(23)17(24)10-19(20)31-2/h4,6,8-10,12H,3,5,7,11H2,1-2H3. The lowest BCUT2D eigenvalue weighted by atomic mass is 9.93. The maximum atomic E-state index is 13.8. The van der Waals surface area contributed by atoms with Crippen LogP contribution in [-0.4, -0.2) is 45.2 Å². The minimum atomic E-state index is -4.57. The molecule has 1 atom stereocenters. The summed E-state index contributed by atoms with van der Waals surface area (Å²) >= 11 is 11.8. The molecule has 0 N–H and O–H groups in total. The first-order valence-electron chi connectivity index (χ1n) is 9.52. The summed E-state index contributed by atoms with van der Waals surface area (Å²) in [4.78, 5) is 25.2. The van der Waals surface area contributed by atoms with E-state index in [9.17, 15) is 22.4 Å². The highest BCUT2D eigenvalue weighted by Gasteiger charge is 2.40. The van der Waals surface area contributed by atoms with E-state index in [4.69, 9.17) is 32.7 Å². The molecular weight excluding hydrogens is 484 g/mol. The second-order valence-corrected chi connectivity index (χ2v) is 9.88. The second kappa shape index (κ2) is 9.64. The molecule has 172 valence electrons. The molecule has 1 unspecified atom stereocenters. The van der Waals surface area contributed by atoms with E-state index in [1.54, 1.807) is 18.2 Å². The van der Waals surface area contributed by atoms with Crippen LogP contribution in [0.5, 0.6) is 11.5 Å². The largest absolute Gasteiger partial charge is 0.496 e. The Hall–Kier alpha value is -2.36. The van der Waals surface area contributed by atoms with Gasteiger partial charge in [0.2, 0.25) is 5.91 Å². The van der Waals surface area contributed by atoms with Gasteiger partial charge in [0.1, 0.15) is 22.2 Å². The summed E-state index contributed by atoms with van der Waals surface area (Å²) in [6.07, 6.45) is 0.288. The first-order chi connectivity index (χ1) is 15.1. The molecule has 7 nitrogen and oxygen atoms in total. The number of halogens is 3. The third-order valence-electron chi connectivity index (χ3n) is 5.17. The molecule has 11 heteroatoms. The van der Waals surface area contributed by atoms with Crippen LogP contribution in [0.3, 0.4) is 0 Å². The molecule has 0 aromatic heterocycles. The number of ether oxygens (including phenoxy) is 2. The zero-order valence-electron chi connectivity index (χ0n) is 17.2. The number of Topliss-reactive ketones (excluding diaryl/α,β-unsaturated/α-hetero) is 1. The highest BCUT2D eigenvalue weighted by atomic mass is 35.5. The first kappa shape index (κ1) is 24.3. The number of hydrogen-bond donors (Lipinski definition) is 0. The molecule has 2 aromatic rings. The molecule has 0 radical (unpaired) electrons. The Morgan fingerprint density at radius 3 is 2.44 bits per heavy atom. The fourth-order valence-corrected chi connectivity index (χ4v) is 5.56. The van der Waals surface area contributed by atoms with Crippen LogP contribution in [0.1, 0.15) is 18.4 Å². The summed E-state index contributed by atoms with van der Waals surface area (Å²) < 4.78 is 51.4. The molecule has 3 rings (SSSR count). The molecule has 0 aliphatic carbocycles. The lowest BCUT2D eigenvalue weighted by Gasteiger charge is -2.25. The molecule has 0 saturated carbocycles. The fourth-order valence-electron chi connectivity index (χ4n) is 3.53. The predicted molar refractivity (Wildman–Crippen MR) is 116 cm³/mol. The molecule has 0 spiro atoms. The number of sulfonamides is 1. The van der Waals surface area contributed by atoms with Gasteiger partial charge in [0.25, 0.3) is 10.0 Å². The number of rotatable bonds is 6. The topological polar surface area (TPSA) is 90.0 Å². The van der Waals surface area contributed by atoms with Gasteiger partial charge in [-0.15, -0.1) is 0 Å². The van der Waals surface area contributed by atoms with E-state index in [2.05, 4.69) is 0 Å². The summed E-state index contributed by atoms with van der Waals surface area (Å²) in [6.45, 7) is -0.636. The van der Waals surface area contributed by atoms with E-state index in [1.807, 2.05) is 0 Å². The van der Waals surface area contributed by atoms with Crippen LogP contribution in [0.4, 0.5) is 4.39 Å². The minimum absolute atomic E-state index is 0.0205. The van der Waals surface area contributed by atoms with Gasteiger partial charge in [0.05, 0.1) is 25.8 Å². The van der Waals surface area contributed by atoms with Crippen molar-refractivity contribution >= 4 is 44.9 Å². The zero-order chi connectivity index (χ0) is 23.6. The van der Waals surface area contributed by atoms with Crippen LogP contribution < -0.4 is 9.47 Å². The predicted octanol–water partition coefficient (Wildman–Crippen LogP) is 3.89. The SMILES string of the molecule is COc1ccc(Cl)cc1CC1CCC(=O)CN(S(=O)(=O)c2cc(Cl)c(F)cc2OC)C1=O. The molecular formula is C21H20Cl2FNO6S. The number of carbonyl (C=O) groups is 2. The quantitative estimate of drug-likeness (QED) is 0.593. The van der Waals surface area contributed by atoms with E-state index in [1.165, 1.54) is 7.11 Å². The number of methoxy groups -OCH3 is 2. The molecule has 1 fully saturated rings. The van der Waals surface area contributed by atoms with Crippen LogP contribution in [0, 0.1) is 11.7 Å². The molecule has 1 aliphatic rings. The van der Waals surface area contributed by atoms with Crippen molar-refractivity contribution in [2.45, 2.75) is 24.2 Å². The average molecular weight is 504 g/mol. The Balaban J connectivity index is 2.03. The molecule has 1 amide bonds. The highest BCUT2D eigenvalue weighted by Crippen LogP contribution is 2.35. The second-order valence-electron chi connectivity index (χ2n) is 7.20. The fraction of sp³-hybridized carbons (Fsp3) is 0.333. The van der Waals surface area contributed by atoms with Crippen molar-refractivity contribution in [1.82, 2.24) is 4.31 Å². The van der Waals surface area contributed by atoms with Gasteiger partial charge >= 0.3 is 0 Å². The molecule has 1 aliphatic heterocycles. The number of amides is 1. The Morgan fingerprint density at radius 2 is 1.78 bits per heavy atom. The maximum Gasteiger partial charge on any atom is 0.270 e. The highest BCUT2D eigenvalue weighted by molar-refractivity contribution is 7.89. The monoisotopic (exact) mass is 503 g/mol. The number of carbonyl (C=O) groups excluding carboxylic acids is 2. The van der Waals surface area contributed by atoms with Gasteiger partial charge in [0.15, 0.2) is 5.78 Å². The van der Waals surface area contributed by atoms with Crippen molar-refractivity contribution in [1.29, 1.82) is 0 Å². The third-order valence-corrected chi connectivity index (χ3v) is 7.46. The van der Waals surface area contributed by atoms with Crippen LogP contribution in [0.25, 0.3) is 0 Å². The summed E-state index contributed by atoms with van der Waals surface area (Å²) in [7, 11) is -1.95. The summed E-state index contributed by atoms with van der Waals surface area (Å²) in [5, 5.41) is -0.0358. The Labute approximate surface area is 195 Å². The van der Waals surface area contributed by atoms with Crippen molar-refractivity contribution in [3.05, 3.63) is 51.8 Å². The number of hydrogen-bond acceptors (Lipinski definition) is 6. The minimum Gasteiger partial charge on any atom is -0.496 e. The number of nitrogens with zero attached hydrogens (tertiary/aromatic N) is 1. The van der Waals surface area contributed by atoms with Gasteiger partial charge in [-0.25, -0.2) is 17.1 Å². The zero-order valence-corrected chi connectivity index (χ0v) is 19.6. The Bertz CT molecular complexity index is 1170. The van der Waals surface area contributed by atoms with Gasteiger partial charge in [0, 0.05) is 23.4 Å². The lowest BCUT2D eigenvalue weighted by Crippen LogP contribution is -2.42. The van der Waals surface area contributed by atoms with Gasteiger partial charge in [-0.05, 0) is 42.7 Å². The van der Waals surface area contributed by atoms with Crippen LogP contribution in [0.2, 0.25) is 10.0 Å². The van der Waals surface area contributed by atoms with Gasteiger partial charge in [-0.1, -0.05) is 23.2 Å². The maximum absolute atomic E-state index is 13.8. The Morgan fingerprint density at radius 1 is 1.09 bits per heavy atom. The molecule has 1 heterocycles. The van der Waals surface area contributed by atoms with Crippen LogP contribution in [-0.2, 0) is 26.0 Å². The van der Waals surface area contributed by atoms with E-state index in [-0.39, 0.29) is 25.0 Å². The first-order valence-corrected chi connectivity index (χ1v) is 11.7. The van der Waals surface area contributed by atoms with Gasteiger partial charge in [-0.2, -0.15) is 0 Å². The van der Waals surface area contributed by atoms with Crippen molar-refractivity contribution < 1.29 is 31.9 Å². The molecule has 1 saturated heterocycles. The molecule has 32 heavy (non-hydrogen) atoms. The van der Waals surface area contributed by atoms with E-state index < -0.39 is 49.9 Å². The normalized spacial score (nSPS) is 17.3. The Kier molecular flexibility index (Phi) is 7.32. The van der Waals surface area contributed by atoms with E-state index in [0.717, 1.165) is 19.2 Å². The van der Waals surface area contributed by atoms with E-state index >= 15 is 0 Å². The molecule has 0 bridgehead atoms. The average Bonchev–Trinajstić information content (AvgIpc) is 2.89. The third kappa shape index (κ3) is 4.84. The summed E-state index contributed by atoms with van der Waals surface area (Å²) in [5.41, 5.74) is 0.604. The summed E-state index contributed by atoms with van der Waals surface area (Å²) in [6, 6.07) is 6.58. The van der Waals surface area contributed by atoms with Crippen LogP contribution in [0.15, 0.2) is 35.2 Å². The van der Waals surface area contributed by atoms with Gasteiger partial charge < -0.3 is 9.47 Å². The lowest BCUT2D eigenvalue weighted by molar-refractivity contribution is -0.131. The van der Waals surface area contributed by atoms with E-state index in [0.29, 0.717) is 20.6 Å². The van der Waals surface area contributed by atoms with Crippen LogP contribution >= 0.6 is 23.2 Å².